The van der Waals surface area contributed by atoms with Gasteiger partial charge in [0.15, 0.2) is 0 Å². The molecule has 0 saturated heterocycles. The summed E-state index contributed by atoms with van der Waals surface area (Å²) < 4.78 is 0. The van der Waals surface area contributed by atoms with Crippen LogP contribution in [0.15, 0.2) is 73.3 Å². The molecule has 4 rings (SSSR count). The van der Waals surface area contributed by atoms with Gasteiger partial charge >= 0.3 is 0 Å². The Morgan fingerprint density at radius 1 is 0.923 bits per heavy atom. The molecule has 3 heterocycles. The predicted octanol–water partition coefficient (Wildman–Crippen LogP) is 4.24. The molecule has 26 heavy (non-hydrogen) atoms. The summed E-state index contributed by atoms with van der Waals surface area (Å²) in [7, 11) is 0. The molecule has 1 unspecified atom stereocenters. The zero-order chi connectivity index (χ0) is 17.9. The molecule has 0 aliphatic carbocycles. The lowest BCUT2D eigenvalue weighted by molar-refractivity contribution is 0.471. The molecule has 1 atom stereocenters. The summed E-state index contributed by atoms with van der Waals surface area (Å²) in [5.41, 5.74) is 4.09. The van der Waals surface area contributed by atoms with E-state index in [9.17, 15) is 5.11 Å². The van der Waals surface area contributed by atoms with E-state index in [-0.39, 0.29) is 11.8 Å². The molecule has 0 radical (unpaired) electrons. The van der Waals surface area contributed by atoms with Gasteiger partial charge in [-0.15, -0.1) is 0 Å². The van der Waals surface area contributed by atoms with Gasteiger partial charge in [-0.2, -0.15) is 0 Å². The number of hydrogen-bond acceptors (Lipinski definition) is 5. The lowest BCUT2D eigenvalue weighted by Crippen LogP contribution is -2.13. The number of phenols is 1. The molecule has 3 aromatic heterocycles. The molecule has 0 aliphatic heterocycles. The minimum absolute atomic E-state index is 0.185. The highest BCUT2D eigenvalue weighted by molar-refractivity contribution is 5.86. The summed E-state index contributed by atoms with van der Waals surface area (Å²) in [6.45, 7) is 1.92. The molecule has 4 aromatic rings. The van der Waals surface area contributed by atoms with Crippen LogP contribution in [0, 0.1) is 6.92 Å². The fourth-order valence-electron chi connectivity index (χ4n) is 3.03. The van der Waals surface area contributed by atoms with E-state index in [1.54, 1.807) is 24.8 Å². The van der Waals surface area contributed by atoms with E-state index in [4.69, 9.17) is 0 Å². The van der Waals surface area contributed by atoms with Crippen molar-refractivity contribution in [2.45, 2.75) is 13.0 Å². The van der Waals surface area contributed by atoms with E-state index in [0.29, 0.717) is 5.52 Å². The number of nitrogens with one attached hydrogen (secondary N) is 1. The van der Waals surface area contributed by atoms with Crippen molar-refractivity contribution in [3.63, 3.8) is 0 Å². The first-order valence-corrected chi connectivity index (χ1v) is 8.38. The van der Waals surface area contributed by atoms with Gasteiger partial charge in [0.05, 0.1) is 11.7 Å². The highest BCUT2D eigenvalue weighted by Gasteiger charge is 2.20. The largest absolute Gasteiger partial charge is 0.505 e. The number of pyridine rings is 3. The van der Waals surface area contributed by atoms with E-state index in [1.165, 1.54) is 0 Å². The third-order valence-corrected chi connectivity index (χ3v) is 4.33. The summed E-state index contributed by atoms with van der Waals surface area (Å²) in [4.78, 5) is 12.8. The number of hydrogen-bond donors (Lipinski definition) is 2. The van der Waals surface area contributed by atoms with Crippen LogP contribution in [0.3, 0.4) is 0 Å². The van der Waals surface area contributed by atoms with E-state index in [1.807, 2.05) is 55.5 Å². The Hall–Kier alpha value is -3.47. The van der Waals surface area contributed by atoms with Crippen molar-refractivity contribution in [2.75, 3.05) is 5.32 Å². The smallest absolute Gasteiger partial charge is 0.147 e. The molecular weight excluding hydrogens is 324 g/mol. The Bertz CT molecular complexity index is 1040. The summed E-state index contributed by atoms with van der Waals surface area (Å²) in [6.07, 6.45) is 6.98. The number of aromatic hydroxyl groups is 1. The third-order valence-electron chi connectivity index (χ3n) is 4.33. The Morgan fingerprint density at radius 2 is 1.73 bits per heavy atom. The van der Waals surface area contributed by atoms with Crippen molar-refractivity contribution < 1.29 is 5.11 Å². The lowest BCUT2D eigenvalue weighted by Gasteiger charge is -2.22. The molecule has 0 saturated carbocycles. The second-order valence-corrected chi connectivity index (χ2v) is 6.13. The molecule has 5 nitrogen and oxygen atoms in total. The molecule has 0 bridgehead atoms. The number of anilines is 1. The van der Waals surface area contributed by atoms with Crippen molar-refractivity contribution in [3.8, 4) is 5.75 Å². The zero-order valence-electron chi connectivity index (χ0n) is 14.3. The highest BCUT2D eigenvalue weighted by Crippen LogP contribution is 2.36. The fourth-order valence-corrected chi connectivity index (χ4v) is 3.03. The average Bonchev–Trinajstić information content (AvgIpc) is 2.69. The van der Waals surface area contributed by atoms with Gasteiger partial charge in [0.2, 0.25) is 0 Å². The summed E-state index contributed by atoms with van der Waals surface area (Å²) in [5.74, 6) is 0.185. The third kappa shape index (κ3) is 3.07. The summed E-state index contributed by atoms with van der Waals surface area (Å²) in [6, 6.07) is 15.3. The molecule has 1 aromatic carbocycles. The average molecular weight is 342 g/mol. The van der Waals surface area contributed by atoms with Crippen molar-refractivity contribution >= 4 is 16.6 Å². The highest BCUT2D eigenvalue weighted by atomic mass is 16.3. The van der Waals surface area contributed by atoms with Gasteiger partial charge in [0.25, 0.3) is 0 Å². The van der Waals surface area contributed by atoms with Gasteiger partial charge in [-0.05, 0) is 42.8 Å². The molecular formula is C21H18N4O. The van der Waals surface area contributed by atoms with Crippen LogP contribution in [0.25, 0.3) is 10.9 Å². The van der Waals surface area contributed by atoms with Crippen molar-refractivity contribution in [1.82, 2.24) is 15.0 Å². The predicted molar refractivity (Wildman–Crippen MR) is 102 cm³/mol. The van der Waals surface area contributed by atoms with Crippen LogP contribution in [0.5, 0.6) is 5.75 Å². The van der Waals surface area contributed by atoms with Gasteiger partial charge < -0.3 is 10.4 Å². The first-order valence-electron chi connectivity index (χ1n) is 8.38. The van der Waals surface area contributed by atoms with E-state index < -0.39 is 0 Å². The van der Waals surface area contributed by atoms with Crippen LogP contribution in [0.4, 0.5) is 5.69 Å². The zero-order valence-corrected chi connectivity index (χ0v) is 14.3. The summed E-state index contributed by atoms with van der Waals surface area (Å²) >= 11 is 0. The Balaban J connectivity index is 1.86. The maximum atomic E-state index is 10.9. The van der Waals surface area contributed by atoms with E-state index >= 15 is 0 Å². The van der Waals surface area contributed by atoms with E-state index in [2.05, 4.69) is 20.3 Å². The number of phenolic OH excluding ortho intramolecular Hbond substituents is 1. The van der Waals surface area contributed by atoms with Crippen LogP contribution in [0.1, 0.15) is 22.9 Å². The van der Waals surface area contributed by atoms with E-state index in [0.717, 1.165) is 27.9 Å². The first-order chi connectivity index (χ1) is 12.7. The number of fused-ring (bicyclic) bond motifs is 1. The van der Waals surface area contributed by atoms with Gasteiger partial charge in [-0.25, -0.2) is 4.98 Å². The number of aromatic nitrogens is 3. The van der Waals surface area contributed by atoms with Gasteiger partial charge in [-0.1, -0.05) is 18.2 Å². The maximum Gasteiger partial charge on any atom is 0.147 e. The summed E-state index contributed by atoms with van der Waals surface area (Å²) in [5, 5.41) is 15.3. The van der Waals surface area contributed by atoms with Gasteiger partial charge in [0, 0.05) is 41.4 Å². The van der Waals surface area contributed by atoms with Gasteiger partial charge in [-0.3, -0.25) is 9.97 Å². The molecule has 0 amide bonds. The number of rotatable bonds is 4. The van der Waals surface area contributed by atoms with Crippen molar-refractivity contribution in [3.05, 3.63) is 90.1 Å². The minimum Gasteiger partial charge on any atom is -0.505 e. The Morgan fingerprint density at radius 3 is 2.50 bits per heavy atom. The second kappa shape index (κ2) is 6.80. The number of aryl methyl sites for hydroxylation is 1. The van der Waals surface area contributed by atoms with Crippen LogP contribution in [0.2, 0.25) is 0 Å². The van der Waals surface area contributed by atoms with Crippen LogP contribution < -0.4 is 5.32 Å². The standard InChI is InChI=1S/C21H18N4O/c1-14-4-5-15-6-7-18(21(26)20(15)24-14)19(16-8-11-22-12-9-16)25-17-3-2-10-23-13-17/h2-13,19,25-26H,1H3. The topological polar surface area (TPSA) is 70.9 Å². The van der Waals surface area contributed by atoms with Gasteiger partial charge in [0.1, 0.15) is 11.3 Å². The molecule has 0 fully saturated rings. The number of benzene rings is 1. The quantitative estimate of drug-likeness (QED) is 0.580. The normalized spacial score (nSPS) is 12.0. The van der Waals surface area contributed by atoms with Crippen LogP contribution in [-0.2, 0) is 0 Å². The lowest BCUT2D eigenvalue weighted by atomic mass is 9.96. The number of nitrogens with zero attached hydrogens (tertiary/aromatic N) is 3. The Labute approximate surface area is 151 Å². The van der Waals surface area contributed by atoms with Crippen molar-refractivity contribution in [2.24, 2.45) is 0 Å². The van der Waals surface area contributed by atoms with Crippen molar-refractivity contribution in [1.29, 1.82) is 0 Å². The molecule has 2 N–H and O–H groups in total. The monoisotopic (exact) mass is 342 g/mol. The Kier molecular flexibility index (Phi) is 4.19. The SMILES string of the molecule is Cc1ccc2ccc(C(Nc3cccnc3)c3ccncc3)c(O)c2n1. The molecule has 128 valence electrons. The first kappa shape index (κ1) is 16.0. The molecule has 0 aliphatic rings. The second-order valence-electron chi connectivity index (χ2n) is 6.13. The maximum absolute atomic E-state index is 10.9. The minimum atomic E-state index is -0.256. The van der Waals surface area contributed by atoms with Crippen LogP contribution in [-0.4, -0.2) is 20.1 Å². The van der Waals surface area contributed by atoms with Crippen LogP contribution >= 0.6 is 0 Å². The fraction of sp³-hybridized carbons (Fsp3) is 0.0952. The molecule has 5 heteroatoms. The molecule has 0 spiro atoms.